The number of furan rings is 1. The number of nitrogens with zero attached hydrogens (tertiary/aromatic N) is 5. The lowest BCUT2D eigenvalue weighted by molar-refractivity contribution is -0.109. The van der Waals surface area contributed by atoms with Crippen molar-refractivity contribution in [1.29, 1.82) is 0 Å². The van der Waals surface area contributed by atoms with Crippen LogP contribution in [0, 0.1) is 5.82 Å². The number of rotatable bonds is 9. The molecule has 5 aromatic rings. The molecule has 1 aliphatic heterocycles. The zero-order valence-corrected chi connectivity index (χ0v) is 23.2. The smallest absolute Gasteiger partial charge is 0.281 e. The minimum atomic E-state index is -1.10. The number of fused-ring (bicyclic) bond motifs is 1. The zero-order valence-electron chi connectivity index (χ0n) is 23.2. The van der Waals surface area contributed by atoms with E-state index < -0.39 is 5.60 Å². The topological polar surface area (TPSA) is 118 Å². The maximum atomic E-state index is 14.8. The van der Waals surface area contributed by atoms with Crippen LogP contribution in [0.25, 0.3) is 33.6 Å². The minimum Gasteiger partial charge on any atom is -0.464 e. The molecule has 4 heterocycles. The molecule has 216 valence electrons. The first-order valence-corrected chi connectivity index (χ1v) is 13.8. The summed E-state index contributed by atoms with van der Waals surface area (Å²) >= 11 is 0. The Hall–Kier alpha value is -4.61. The van der Waals surface area contributed by atoms with E-state index in [1.165, 1.54) is 17.0 Å². The molecule has 0 atom stereocenters. The number of benzene rings is 2. The molecule has 0 unspecified atom stereocenters. The van der Waals surface area contributed by atoms with Crippen LogP contribution < -0.4 is 10.9 Å². The summed E-state index contributed by atoms with van der Waals surface area (Å²) in [6, 6.07) is 16.3. The summed E-state index contributed by atoms with van der Waals surface area (Å²) in [5, 5.41) is 18.5. The lowest BCUT2D eigenvalue weighted by Gasteiger charge is -2.38. The fourth-order valence-electron chi connectivity index (χ4n) is 5.59. The Morgan fingerprint density at radius 2 is 1.86 bits per heavy atom. The second kappa shape index (κ2) is 11.3. The number of aromatic nitrogens is 4. The maximum absolute atomic E-state index is 14.8. The van der Waals surface area contributed by atoms with E-state index in [0.29, 0.717) is 73.5 Å². The van der Waals surface area contributed by atoms with Crippen LogP contribution >= 0.6 is 0 Å². The Kier molecular flexibility index (Phi) is 7.44. The van der Waals surface area contributed by atoms with Gasteiger partial charge in [0.2, 0.25) is 6.41 Å². The first-order valence-electron chi connectivity index (χ1n) is 13.8. The Labute approximate surface area is 241 Å². The van der Waals surface area contributed by atoms with E-state index in [1.807, 2.05) is 30.3 Å². The third-order valence-electron chi connectivity index (χ3n) is 7.93. The molecule has 1 saturated heterocycles. The summed E-state index contributed by atoms with van der Waals surface area (Å²) in [6.45, 7) is 2.08. The number of carbonyl (C=O) groups excluding carboxylic acids is 1. The van der Waals surface area contributed by atoms with Gasteiger partial charge in [-0.1, -0.05) is 36.4 Å². The van der Waals surface area contributed by atoms with Gasteiger partial charge in [-0.05, 0) is 36.6 Å². The highest BCUT2D eigenvalue weighted by atomic mass is 19.1. The summed E-state index contributed by atoms with van der Waals surface area (Å²) in [7, 11) is 1.76. The van der Waals surface area contributed by atoms with Crippen molar-refractivity contribution in [2.75, 3.05) is 13.1 Å². The molecule has 6 rings (SSSR count). The van der Waals surface area contributed by atoms with Gasteiger partial charge in [-0.3, -0.25) is 23.7 Å². The third-order valence-corrected chi connectivity index (χ3v) is 7.93. The second-order valence-electron chi connectivity index (χ2n) is 10.8. The number of halogens is 1. The van der Waals surface area contributed by atoms with Crippen LogP contribution in [-0.4, -0.2) is 54.4 Å². The maximum Gasteiger partial charge on any atom is 0.281 e. The van der Waals surface area contributed by atoms with E-state index in [9.17, 15) is 19.1 Å². The number of hydrogen-bond donors (Lipinski definition) is 2. The summed E-state index contributed by atoms with van der Waals surface area (Å²) < 4.78 is 23.2. The standard InChI is InChI=1S/C31H31FN6O4/c1-36-29(22-6-4-21(5-7-22)16-33-20-39)27-28(35-36)30(40)38(19-34-27)18-31(41)10-12-37(13-11-31)17-24-9-8-23(15-25(24)32)26-3-2-14-42-26/h2-9,14-15,19-20,41H,10-13,16-18H2,1H3,(H,33,39). The van der Waals surface area contributed by atoms with Gasteiger partial charge in [-0.25, -0.2) is 9.37 Å². The summed E-state index contributed by atoms with van der Waals surface area (Å²) in [5.41, 5.74) is 3.07. The van der Waals surface area contributed by atoms with Crippen molar-refractivity contribution in [2.45, 2.75) is 38.1 Å². The molecular formula is C31H31FN6O4. The molecule has 3 aromatic heterocycles. The molecule has 0 radical (unpaired) electrons. The van der Waals surface area contributed by atoms with E-state index in [2.05, 4.69) is 20.3 Å². The quantitative estimate of drug-likeness (QED) is 0.261. The van der Waals surface area contributed by atoms with Crippen molar-refractivity contribution in [3.63, 3.8) is 0 Å². The number of carbonyl (C=O) groups is 1. The number of piperidine rings is 1. The van der Waals surface area contributed by atoms with E-state index in [1.54, 1.807) is 36.2 Å². The lowest BCUT2D eigenvalue weighted by atomic mass is 9.91. The van der Waals surface area contributed by atoms with Crippen molar-refractivity contribution in [3.8, 4) is 22.6 Å². The Bertz CT molecular complexity index is 1770. The van der Waals surface area contributed by atoms with Crippen LogP contribution in [0.15, 0.2) is 76.4 Å². The van der Waals surface area contributed by atoms with Gasteiger partial charge in [0, 0.05) is 49.9 Å². The van der Waals surface area contributed by atoms with Gasteiger partial charge in [0.25, 0.3) is 5.56 Å². The number of likely N-dealkylation sites (tertiary alicyclic amines) is 1. The van der Waals surface area contributed by atoms with Gasteiger partial charge < -0.3 is 14.8 Å². The molecule has 0 spiro atoms. The van der Waals surface area contributed by atoms with Gasteiger partial charge in [0.05, 0.1) is 30.4 Å². The predicted octanol–water partition coefficient (Wildman–Crippen LogP) is 3.47. The van der Waals surface area contributed by atoms with E-state index >= 15 is 0 Å². The molecule has 1 amide bonds. The SMILES string of the molecule is Cn1nc2c(=O)n(CC3(O)CCN(Cc4ccc(-c5ccco5)cc4F)CC3)cnc2c1-c1ccc(CNC=O)cc1. The van der Waals surface area contributed by atoms with Gasteiger partial charge >= 0.3 is 0 Å². The molecule has 0 aliphatic carbocycles. The Balaban J connectivity index is 1.13. The fourth-order valence-corrected chi connectivity index (χ4v) is 5.59. The van der Waals surface area contributed by atoms with Crippen LogP contribution in [-0.2, 0) is 31.5 Å². The number of aryl methyl sites for hydroxylation is 1. The highest BCUT2D eigenvalue weighted by Gasteiger charge is 2.33. The van der Waals surface area contributed by atoms with E-state index in [0.717, 1.165) is 11.1 Å². The number of amides is 1. The van der Waals surface area contributed by atoms with Gasteiger partial charge in [0.15, 0.2) is 5.52 Å². The van der Waals surface area contributed by atoms with Crippen LogP contribution in [0.3, 0.4) is 0 Å². The molecular weight excluding hydrogens is 539 g/mol. The predicted molar refractivity (Wildman–Crippen MR) is 155 cm³/mol. The van der Waals surface area contributed by atoms with E-state index in [-0.39, 0.29) is 23.4 Å². The van der Waals surface area contributed by atoms with Crippen LogP contribution in [0.2, 0.25) is 0 Å². The first-order chi connectivity index (χ1) is 20.3. The largest absolute Gasteiger partial charge is 0.464 e. The van der Waals surface area contributed by atoms with Crippen LogP contribution in [0.1, 0.15) is 24.0 Å². The number of aliphatic hydroxyl groups is 1. The first kappa shape index (κ1) is 27.6. The summed E-state index contributed by atoms with van der Waals surface area (Å²) in [6.07, 6.45) is 4.55. The van der Waals surface area contributed by atoms with E-state index in [4.69, 9.17) is 4.42 Å². The molecule has 42 heavy (non-hydrogen) atoms. The molecule has 2 N–H and O–H groups in total. The minimum absolute atomic E-state index is 0.0964. The van der Waals surface area contributed by atoms with Crippen molar-refractivity contribution in [1.82, 2.24) is 29.5 Å². The zero-order chi connectivity index (χ0) is 29.3. The molecule has 0 bridgehead atoms. The summed E-state index contributed by atoms with van der Waals surface area (Å²) in [5.74, 6) is 0.323. The van der Waals surface area contributed by atoms with Crippen molar-refractivity contribution in [3.05, 3.63) is 94.5 Å². The fraction of sp³-hybridized carbons (Fsp3) is 0.290. The lowest BCUT2D eigenvalue weighted by Crippen LogP contribution is -2.47. The normalized spacial score (nSPS) is 15.2. The van der Waals surface area contributed by atoms with Crippen molar-refractivity contribution < 1.29 is 18.7 Å². The molecule has 0 saturated carbocycles. The highest BCUT2D eigenvalue weighted by Crippen LogP contribution is 2.29. The molecule has 1 aliphatic rings. The van der Waals surface area contributed by atoms with Crippen molar-refractivity contribution >= 4 is 17.4 Å². The van der Waals surface area contributed by atoms with Gasteiger partial charge in [-0.2, -0.15) is 5.10 Å². The van der Waals surface area contributed by atoms with Crippen LogP contribution in [0.4, 0.5) is 4.39 Å². The Morgan fingerprint density at radius 3 is 2.55 bits per heavy atom. The molecule has 2 aromatic carbocycles. The molecule has 11 heteroatoms. The molecule has 10 nitrogen and oxygen atoms in total. The monoisotopic (exact) mass is 570 g/mol. The summed E-state index contributed by atoms with van der Waals surface area (Å²) in [4.78, 5) is 30.6. The average molecular weight is 571 g/mol. The molecule has 1 fully saturated rings. The Morgan fingerprint density at radius 1 is 1.10 bits per heavy atom. The van der Waals surface area contributed by atoms with Crippen molar-refractivity contribution in [2.24, 2.45) is 7.05 Å². The number of hydrogen-bond acceptors (Lipinski definition) is 7. The van der Waals surface area contributed by atoms with Crippen LogP contribution in [0.5, 0.6) is 0 Å². The average Bonchev–Trinajstić information content (AvgIpc) is 3.65. The van der Waals surface area contributed by atoms with Gasteiger partial charge in [0.1, 0.15) is 17.1 Å². The third kappa shape index (κ3) is 5.48. The van der Waals surface area contributed by atoms with Gasteiger partial charge in [-0.15, -0.1) is 0 Å². The number of nitrogens with one attached hydrogen (secondary N) is 1. The highest BCUT2D eigenvalue weighted by molar-refractivity contribution is 5.89. The second-order valence-corrected chi connectivity index (χ2v) is 10.8.